The second-order valence-electron chi connectivity index (χ2n) is 4.32. The van der Waals surface area contributed by atoms with Crippen LogP contribution in [0.25, 0.3) is 0 Å². The molecule has 0 bridgehead atoms. The van der Waals surface area contributed by atoms with Crippen LogP contribution in [0.2, 0.25) is 0 Å². The van der Waals surface area contributed by atoms with Crippen LogP contribution in [-0.4, -0.2) is 11.8 Å². The molecule has 0 radical (unpaired) electrons. The lowest BCUT2D eigenvalue weighted by molar-refractivity contribution is 0.389. The SMILES string of the molecule is Cc1ccc(NCCc2ccccc2)c(NO)c1. The number of hydrogen-bond donors (Lipinski definition) is 3. The predicted molar refractivity (Wildman–Crippen MR) is 75.2 cm³/mol. The molecule has 0 spiro atoms. The van der Waals surface area contributed by atoms with Crippen LogP contribution in [-0.2, 0) is 6.42 Å². The molecule has 0 heterocycles. The van der Waals surface area contributed by atoms with Gasteiger partial charge in [0.1, 0.15) is 0 Å². The number of hydrogen-bond acceptors (Lipinski definition) is 3. The van der Waals surface area contributed by atoms with Crippen LogP contribution in [0.1, 0.15) is 11.1 Å². The van der Waals surface area contributed by atoms with E-state index in [0.29, 0.717) is 5.69 Å². The number of anilines is 2. The molecule has 94 valence electrons. The first-order valence-corrected chi connectivity index (χ1v) is 6.08. The fourth-order valence-corrected chi connectivity index (χ4v) is 1.89. The van der Waals surface area contributed by atoms with E-state index in [4.69, 9.17) is 5.21 Å². The third kappa shape index (κ3) is 3.25. The summed E-state index contributed by atoms with van der Waals surface area (Å²) in [5.41, 5.74) is 6.26. The Bertz CT molecular complexity index is 497. The van der Waals surface area contributed by atoms with E-state index in [0.717, 1.165) is 24.2 Å². The number of rotatable bonds is 5. The lowest BCUT2D eigenvalue weighted by Gasteiger charge is -2.11. The van der Waals surface area contributed by atoms with Gasteiger partial charge in [-0.2, -0.15) is 0 Å². The first-order valence-electron chi connectivity index (χ1n) is 6.08. The van der Waals surface area contributed by atoms with E-state index < -0.39 is 0 Å². The summed E-state index contributed by atoms with van der Waals surface area (Å²) in [6.45, 7) is 2.83. The van der Waals surface area contributed by atoms with Crippen LogP contribution < -0.4 is 10.8 Å². The highest BCUT2D eigenvalue weighted by Crippen LogP contribution is 2.22. The minimum absolute atomic E-state index is 0.711. The average molecular weight is 242 g/mol. The second-order valence-corrected chi connectivity index (χ2v) is 4.32. The first kappa shape index (κ1) is 12.5. The highest BCUT2D eigenvalue weighted by atomic mass is 16.5. The van der Waals surface area contributed by atoms with Gasteiger partial charge in [-0.15, -0.1) is 0 Å². The summed E-state index contributed by atoms with van der Waals surface area (Å²) < 4.78 is 0. The Morgan fingerprint density at radius 1 is 1.00 bits per heavy atom. The Labute approximate surface area is 107 Å². The molecule has 3 nitrogen and oxygen atoms in total. The van der Waals surface area contributed by atoms with Crippen LogP contribution in [0.4, 0.5) is 11.4 Å². The van der Waals surface area contributed by atoms with Crippen molar-refractivity contribution >= 4 is 11.4 Å². The largest absolute Gasteiger partial charge is 0.383 e. The van der Waals surface area contributed by atoms with E-state index in [-0.39, 0.29) is 0 Å². The van der Waals surface area contributed by atoms with E-state index in [1.54, 1.807) is 0 Å². The molecule has 2 aromatic carbocycles. The molecule has 0 aromatic heterocycles. The van der Waals surface area contributed by atoms with Gasteiger partial charge in [-0.1, -0.05) is 36.4 Å². The Morgan fingerprint density at radius 2 is 1.78 bits per heavy atom. The van der Waals surface area contributed by atoms with Gasteiger partial charge >= 0.3 is 0 Å². The third-order valence-corrected chi connectivity index (χ3v) is 2.87. The predicted octanol–water partition coefficient (Wildman–Crippen LogP) is 3.45. The van der Waals surface area contributed by atoms with Gasteiger partial charge in [0.15, 0.2) is 0 Å². The Kier molecular flexibility index (Phi) is 4.20. The van der Waals surface area contributed by atoms with E-state index in [2.05, 4.69) is 22.9 Å². The topological polar surface area (TPSA) is 44.3 Å². The number of aryl methyl sites for hydroxylation is 1. The van der Waals surface area contributed by atoms with Crippen molar-refractivity contribution in [2.45, 2.75) is 13.3 Å². The van der Waals surface area contributed by atoms with Gasteiger partial charge in [0, 0.05) is 6.54 Å². The van der Waals surface area contributed by atoms with Crippen molar-refractivity contribution in [3.63, 3.8) is 0 Å². The summed E-state index contributed by atoms with van der Waals surface area (Å²) in [5, 5.41) is 12.4. The molecule has 0 amide bonds. The fraction of sp³-hybridized carbons (Fsp3) is 0.200. The van der Waals surface area contributed by atoms with Crippen LogP contribution in [0.15, 0.2) is 48.5 Å². The van der Waals surface area contributed by atoms with Gasteiger partial charge < -0.3 is 5.32 Å². The molecule has 0 aliphatic heterocycles. The van der Waals surface area contributed by atoms with Gasteiger partial charge in [0.05, 0.1) is 11.4 Å². The molecule has 0 atom stereocenters. The summed E-state index contributed by atoms with van der Waals surface area (Å²) >= 11 is 0. The highest BCUT2D eigenvalue weighted by Gasteiger charge is 2.01. The summed E-state index contributed by atoms with van der Waals surface area (Å²) in [6, 6.07) is 16.2. The third-order valence-electron chi connectivity index (χ3n) is 2.87. The molecule has 0 fully saturated rings. The molecule has 0 saturated heterocycles. The van der Waals surface area contributed by atoms with Gasteiger partial charge in [-0.25, -0.2) is 0 Å². The Morgan fingerprint density at radius 3 is 2.50 bits per heavy atom. The van der Waals surface area contributed by atoms with Crippen molar-refractivity contribution in [1.29, 1.82) is 0 Å². The molecule has 0 aliphatic rings. The fourth-order valence-electron chi connectivity index (χ4n) is 1.89. The standard InChI is InChI=1S/C15H18N2O/c1-12-7-8-14(15(11-12)17-18)16-10-9-13-5-3-2-4-6-13/h2-8,11,16-18H,9-10H2,1H3. The smallest absolute Gasteiger partial charge is 0.0836 e. The number of nitrogens with one attached hydrogen (secondary N) is 2. The normalized spacial score (nSPS) is 10.1. The van der Waals surface area contributed by atoms with Gasteiger partial charge in [-0.3, -0.25) is 10.7 Å². The van der Waals surface area contributed by atoms with E-state index in [1.807, 2.05) is 43.3 Å². The lowest BCUT2D eigenvalue weighted by Crippen LogP contribution is -2.07. The maximum Gasteiger partial charge on any atom is 0.0836 e. The first-order chi connectivity index (χ1) is 8.79. The Hall–Kier alpha value is -2.00. The number of benzene rings is 2. The van der Waals surface area contributed by atoms with Crippen LogP contribution in [0.5, 0.6) is 0 Å². The minimum atomic E-state index is 0.711. The molecule has 2 rings (SSSR count). The van der Waals surface area contributed by atoms with Crippen LogP contribution in [0, 0.1) is 6.92 Å². The van der Waals surface area contributed by atoms with Gasteiger partial charge in [0.2, 0.25) is 0 Å². The molecule has 3 N–H and O–H groups in total. The van der Waals surface area contributed by atoms with Crippen molar-refractivity contribution in [1.82, 2.24) is 0 Å². The summed E-state index contributed by atoms with van der Waals surface area (Å²) in [4.78, 5) is 0. The monoisotopic (exact) mass is 242 g/mol. The molecular weight excluding hydrogens is 224 g/mol. The van der Waals surface area contributed by atoms with Crippen molar-refractivity contribution in [3.8, 4) is 0 Å². The van der Waals surface area contributed by atoms with Crippen molar-refractivity contribution in [2.75, 3.05) is 17.3 Å². The van der Waals surface area contributed by atoms with Crippen molar-refractivity contribution in [3.05, 3.63) is 59.7 Å². The maximum absolute atomic E-state index is 9.07. The van der Waals surface area contributed by atoms with Gasteiger partial charge in [-0.05, 0) is 36.6 Å². The molecular formula is C15H18N2O. The molecule has 3 heteroatoms. The molecule has 2 aromatic rings. The Balaban J connectivity index is 1.94. The van der Waals surface area contributed by atoms with Crippen LogP contribution in [0.3, 0.4) is 0 Å². The van der Waals surface area contributed by atoms with Crippen molar-refractivity contribution in [2.24, 2.45) is 0 Å². The molecule has 0 aliphatic carbocycles. The zero-order chi connectivity index (χ0) is 12.8. The summed E-state index contributed by atoms with van der Waals surface area (Å²) in [5.74, 6) is 0. The van der Waals surface area contributed by atoms with E-state index >= 15 is 0 Å². The lowest BCUT2D eigenvalue weighted by atomic mass is 10.1. The van der Waals surface area contributed by atoms with E-state index in [1.165, 1.54) is 5.56 Å². The van der Waals surface area contributed by atoms with Crippen LogP contribution >= 0.6 is 0 Å². The summed E-state index contributed by atoms with van der Waals surface area (Å²) in [6.07, 6.45) is 0.958. The van der Waals surface area contributed by atoms with Crippen molar-refractivity contribution < 1.29 is 5.21 Å². The minimum Gasteiger partial charge on any atom is -0.383 e. The molecule has 0 saturated carbocycles. The second kappa shape index (κ2) is 6.07. The van der Waals surface area contributed by atoms with E-state index in [9.17, 15) is 0 Å². The zero-order valence-corrected chi connectivity index (χ0v) is 10.5. The highest BCUT2D eigenvalue weighted by molar-refractivity contribution is 5.68. The molecule has 0 unspecified atom stereocenters. The quantitative estimate of drug-likeness (QED) is 0.704. The van der Waals surface area contributed by atoms with Gasteiger partial charge in [0.25, 0.3) is 0 Å². The average Bonchev–Trinajstić information content (AvgIpc) is 2.41. The molecule has 18 heavy (non-hydrogen) atoms. The maximum atomic E-state index is 9.07. The zero-order valence-electron chi connectivity index (χ0n) is 10.5. The summed E-state index contributed by atoms with van der Waals surface area (Å²) in [7, 11) is 0.